The van der Waals surface area contributed by atoms with E-state index in [0.29, 0.717) is 11.3 Å². The molecule has 0 saturated carbocycles. The second kappa shape index (κ2) is 9.50. The Kier molecular flexibility index (Phi) is 2.29. The minimum atomic E-state index is -0.909. The Bertz CT molecular complexity index is 4140. The third-order valence-corrected chi connectivity index (χ3v) is 8.99. The fraction of sp³-hybridized carbons (Fsp3) is 0. The van der Waals surface area contributed by atoms with Gasteiger partial charge in [-0.2, -0.15) is 0 Å². The van der Waals surface area contributed by atoms with E-state index in [-0.39, 0.29) is 41.9 Å². The molecule has 45 heavy (non-hydrogen) atoms. The Labute approximate surface area is 299 Å². The van der Waals surface area contributed by atoms with Gasteiger partial charge < -0.3 is 0 Å². The number of rotatable bonds is 2. The molecule has 208 valence electrons. The lowest BCUT2D eigenvalue weighted by Gasteiger charge is -2.19. The van der Waals surface area contributed by atoms with E-state index >= 15 is 0 Å². The average Bonchev–Trinajstić information content (AvgIpc) is 3.74. The first-order chi connectivity index (χ1) is 32.7. The molecule has 1 heteroatoms. The molecule has 0 aliphatic rings. The van der Waals surface area contributed by atoms with Gasteiger partial charge in [0.05, 0.1) is 34.3 Å². The summed E-state index contributed by atoms with van der Waals surface area (Å²) in [6.45, 7) is 0. The molecule has 0 saturated heterocycles. The summed E-state index contributed by atoms with van der Waals surface area (Å²) in [4.78, 5) is 0. The molecule has 10 rings (SSSR count). The summed E-state index contributed by atoms with van der Waals surface area (Å²) in [5, 5.41) is -4.90. The smallest absolute Gasteiger partial charge is 0.0638 e. The van der Waals surface area contributed by atoms with Crippen molar-refractivity contribution in [1.82, 2.24) is 0 Å². The molecule has 1 heterocycles. The van der Waals surface area contributed by atoms with Crippen molar-refractivity contribution >= 4 is 85.4 Å². The maximum absolute atomic E-state index is 9.61. The SMILES string of the molecule is [2H]c1c([2H])c([2H])c2c(cc(-c3c4c([2H])c([2H])c([2H])c([2H])c4c(-c4c([2H])c([2H])c([2H])c5c([2H])c([2H])c([2H])c([2H])c45)c4c([2H])c([2H])c([2H])c([2H])c34)c3sc4c([2H])c([2H])c5c([2H])c([2H])c([2H])c([2H])c5c4c32)c1[2H]. The van der Waals surface area contributed by atoms with Crippen molar-refractivity contribution < 1.29 is 34.3 Å². The molecule has 1 aromatic heterocycles. The van der Waals surface area contributed by atoms with E-state index in [1.54, 1.807) is 0 Å². The molecule has 0 aliphatic heterocycles. The molecule has 9 aromatic carbocycles. The Morgan fingerprint density at radius 3 is 1.47 bits per heavy atom. The Morgan fingerprint density at radius 2 is 0.822 bits per heavy atom. The third kappa shape index (κ3) is 3.53. The minimum Gasteiger partial charge on any atom is -0.134 e. The zero-order chi connectivity index (χ0) is 51.2. The summed E-state index contributed by atoms with van der Waals surface area (Å²) >= 11 is 0.713. The standard InChI is InChI=1S/C44H26S/c1-4-16-30-27(12-1)15-11-23-33(30)40-34-19-7-9-21-36(34)41(37-22-10-8-20-35(37)40)38-26-29-14-3-6-18-32(29)43-42-31-17-5-2-13-28(31)24-25-39(42)45-44(38)43/h1-26H/i1D,2D,3D,4D,5D,6D,7D,8D,9D,10D,11D,12D,13D,14D,15D,16D,17D,18D,19D,20D,21D,22D,23D,24D,25D. The van der Waals surface area contributed by atoms with Gasteiger partial charge in [-0.1, -0.05) is 145 Å². The largest absolute Gasteiger partial charge is 0.134 e. The van der Waals surface area contributed by atoms with E-state index in [9.17, 15) is 11.0 Å². The lowest BCUT2D eigenvalue weighted by Crippen LogP contribution is -1.92. The number of fused-ring (bicyclic) bond motifs is 10. The highest BCUT2D eigenvalue weighted by Crippen LogP contribution is 2.51. The zero-order valence-corrected chi connectivity index (χ0v) is 23.3. The van der Waals surface area contributed by atoms with Crippen LogP contribution in [0.3, 0.4) is 0 Å². The van der Waals surface area contributed by atoms with E-state index in [2.05, 4.69) is 0 Å². The van der Waals surface area contributed by atoms with E-state index in [4.69, 9.17) is 23.3 Å². The molecular formula is C44H26S. The fourth-order valence-electron chi connectivity index (χ4n) is 6.07. The van der Waals surface area contributed by atoms with Crippen LogP contribution in [0.5, 0.6) is 0 Å². The van der Waals surface area contributed by atoms with Crippen LogP contribution in [0.25, 0.3) is 96.3 Å². The van der Waals surface area contributed by atoms with Crippen LogP contribution in [0.1, 0.15) is 34.3 Å². The second-order valence-corrected chi connectivity index (χ2v) is 11.1. The number of hydrogen-bond acceptors (Lipinski definition) is 1. The summed E-state index contributed by atoms with van der Waals surface area (Å²) in [5.74, 6) is 0. The molecular weight excluding hydrogens is 561 g/mol. The van der Waals surface area contributed by atoms with Crippen molar-refractivity contribution in [3.8, 4) is 22.3 Å². The summed E-state index contributed by atoms with van der Waals surface area (Å²) in [7, 11) is 0. The van der Waals surface area contributed by atoms with Crippen molar-refractivity contribution in [2.75, 3.05) is 0 Å². The first-order valence-electron chi connectivity index (χ1n) is 26.0. The van der Waals surface area contributed by atoms with Crippen molar-refractivity contribution in [3.05, 3.63) is 157 Å². The van der Waals surface area contributed by atoms with Crippen LogP contribution in [0.4, 0.5) is 0 Å². The van der Waals surface area contributed by atoms with Gasteiger partial charge in [-0.15, -0.1) is 11.3 Å². The predicted molar refractivity (Wildman–Crippen MR) is 198 cm³/mol. The zero-order valence-electron chi connectivity index (χ0n) is 47.5. The van der Waals surface area contributed by atoms with E-state index in [1.807, 2.05) is 0 Å². The molecule has 0 nitrogen and oxygen atoms in total. The van der Waals surface area contributed by atoms with Crippen molar-refractivity contribution in [1.29, 1.82) is 0 Å². The van der Waals surface area contributed by atoms with Crippen LogP contribution in [0.15, 0.2) is 157 Å². The second-order valence-electron chi connectivity index (χ2n) is 10.1. The highest BCUT2D eigenvalue weighted by molar-refractivity contribution is 7.26. The van der Waals surface area contributed by atoms with Crippen LogP contribution in [0.2, 0.25) is 0 Å². The summed E-state index contributed by atoms with van der Waals surface area (Å²) in [6, 6.07) is -18.6. The maximum atomic E-state index is 9.61. The van der Waals surface area contributed by atoms with Gasteiger partial charge in [-0.25, -0.2) is 0 Å². The van der Waals surface area contributed by atoms with E-state index in [0.717, 1.165) is 0 Å². The van der Waals surface area contributed by atoms with Gasteiger partial charge in [0.2, 0.25) is 0 Å². The first-order valence-corrected chi connectivity index (χ1v) is 14.3. The molecule has 0 N–H and O–H groups in total. The van der Waals surface area contributed by atoms with Gasteiger partial charge in [0.25, 0.3) is 0 Å². The molecule has 0 aliphatic carbocycles. The average molecular weight is 612 g/mol. The summed E-state index contributed by atoms with van der Waals surface area (Å²) in [6.07, 6.45) is 0. The van der Waals surface area contributed by atoms with Crippen molar-refractivity contribution in [2.24, 2.45) is 0 Å². The molecule has 0 unspecified atom stereocenters. The molecule has 0 atom stereocenters. The number of benzene rings is 9. The molecule has 0 spiro atoms. The van der Waals surface area contributed by atoms with E-state index in [1.165, 1.54) is 6.07 Å². The first kappa shape index (κ1) is 10.8. The van der Waals surface area contributed by atoms with Gasteiger partial charge in [-0.05, 0) is 82.7 Å². The summed E-state index contributed by atoms with van der Waals surface area (Å²) in [5.41, 5.74) is -1.87. The van der Waals surface area contributed by atoms with E-state index < -0.39 is 205 Å². The normalized spacial score (nSPS) is 19.8. The van der Waals surface area contributed by atoms with Crippen molar-refractivity contribution in [3.63, 3.8) is 0 Å². The van der Waals surface area contributed by atoms with Crippen LogP contribution in [0, 0.1) is 0 Å². The Balaban J connectivity index is 1.62. The monoisotopic (exact) mass is 611 g/mol. The van der Waals surface area contributed by atoms with Gasteiger partial charge >= 0.3 is 0 Å². The Hall–Kier alpha value is -5.50. The quantitative estimate of drug-likeness (QED) is 0.171. The summed E-state index contributed by atoms with van der Waals surface area (Å²) < 4.78 is 225. The highest BCUT2D eigenvalue weighted by Gasteiger charge is 2.22. The van der Waals surface area contributed by atoms with Crippen LogP contribution in [-0.4, -0.2) is 0 Å². The molecule has 0 amide bonds. The lowest BCUT2D eigenvalue weighted by atomic mass is 9.84. The highest BCUT2D eigenvalue weighted by atomic mass is 32.1. The number of thiophene rings is 1. The minimum absolute atomic E-state index is 0.0803. The predicted octanol–water partition coefficient (Wildman–Crippen LogP) is 13.2. The molecule has 0 fully saturated rings. The van der Waals surface area contributed by atoms with Gasteiger partial charge in [0, 0.05) is 25.7 Å². The fourth-order valence-corrected chi connectivity index (χ4v) is 7.26. The van der Waals surface area contributed by atoms with Crippen LogP contribution >= 0.6 is 11.3 Å². The van der Waals surface area contributed by atoms with Gasteiger partial charge in [0.15, 0.2) is 0 Å². The van der Waals surface area contributed by atoms with Gasteiger partial charge in [-0.3, -0.25) is 0 Å². The lowest BCUT2D eigenvalue weighted by molar-refractivity contribution is 1.70. The molecule has 10 aromatic rings. The maximum Gasteiger partial charge on any atom is 0.0638 e. The topological polar surface area (TPSA) is 0 Å². The third-order valence-electron chi connectivity index (χ3n) is 7.85. The Morgan fingerprint density at radius 1 is 0.356 bits per heavy atom. The van der Waals surface area contributed by atoms with Crippen LogP contribution < -0.4 is 0 Å². The van der Waals surface area contributed by atoms with Crippen molar-refractivity contribution in [2.45, 2.75) is 0 Å². The van der Waals surface area contributed by atoms with Gasteiger partial charge in [0.1, 0.15) is 0 Å². The number of hydrogen-bond donors (Lipinski definition) is 0. The molecule has 0 radical (unpaired) electrons. The van der Waals surface area contributed by atoms with Crippen LogP contribution in [-0.2, 0) is 0 Å². The molecule has 0 bridgehead atoms.